The Labute approximate surface area is 149 Å². The second-order valence-corrected chi connectivity index (χ2v) is 7.15. The van der Waals surface area contributed by atoms with Gasteiger partial charge in [0.05, 0.1) is 6.04 Å². The Balaban J connectivity index is 2.64. The van der Waals surface area contributed by atoms with Crippen molar-refractivity contribution < 1.29 is 10.2 Å². The maximum atomic E-state index is 10.0. The zero-order chi connectivity index (χ0) is 17.7. The van der Waals surface area contributed by atoms with Crippen molar-refractivity contribution in [2.75, 3.05) is 5.75 Å². The molecule has 0 spiro atoms. The summed E-state index contributed by atoms with van der Waals surface area (Å²) in [6.45, 7) is 10.2. The van der Waals surface area contributed by atoms with Crippen LogP contribution in [-0.4, -0.2) is 21.5 Å². The van der Waals surface area contributed by atoms with Gasteiger partial charge < -0.3 is 10.2 Å². The van der Waals surface area contributed by atoms with E-state index >= 15 is 0 Å². The first-order valence-electron chi connectivity index (χ1n) is 8.42. The molecular formula is C20H27NO2S. The van der Waals surface area contributed by atoms with E-state index in [-0.39, 0.29) is 23.1 Å². The number of hydrogen-bond acceptors (Lipinski definition) is 4. The molecule has 1 aromatic carbocycles. The molecule has 1 heterocycles. The summed E-state index contributed by atoms with van der Waals surface area (Å²) in [5, 5.41) is 23.8. The monoisotopic (exact) mass is 345 g/mol. The molecule has 1 aromatic rings. The number of hydrogen-bond donors (Lipinski definition) is 3. The number of rotatable bonds is 5. The van der Waals surface area contributed by atoms with Gasteiger partial charge in [0.25, 0.3) is 0 Å². The molecule has 1 aliphatic rings. The summed E-state index contributed by atoms with van der Waals surface area (Å²) in [6, 6.07) is 3.29. The molecular weight excluding hydrogens is 318 g/mol. The van der Waals surface area contributed by atoms with Crippen LogP contribution in [0.2, 0.25) is 0 Å². The quantitative estimate of drug-likeness (QED) is 0.514. The van der Waals surface area contributed by atoms with Crippen LogP contribution in [0.4, 0.5) is 0 Å². The van der Waals surface area contributed by atoms with E-state index < -0.39 is 0 Å². The highest BCUT2D eigenvalue weighted by Crippen LogP contribution is 2.44. The molecule has 4 heteroatoms. The third-order valence-corrected chi connectivity index (χ3v) is 6.09. The first-order chi connectivity index (χ1) is 11.5. The minimum atomic E-state index is -0.0833. The van der Waals surface area contributed by atoms with E-state index in [2.05, 4.69) is 31.8 Å². The summed E-state index contributed by atoms with van der Waals surface area (Å²) in [7, 11) is 0. The van der Waals surface area contributed by atoms with Crippen molar-refractivity contribution in [2.45, 2.75) is 50.1 Å². The molecule has 24 heavy (non-hydrogen) atoms. The zero-order valence-corrected chi connectivity index (χ0v) is 15.5. The second kappa shape index (κ2) is 7.95. The van der Waals surface area contributed by atoms with Crippen molar-refractivity contribution in [3.63, 3.8) is 0 Å². The summed E-state index contributed by atoms with van der Waals surface area (Å²) in [6.07, 6.45) is 9.88. The summed E-state index contributed by atoms with van der Waals surface area (Å²) in [4.78, 5) is 1.01. The SMILES string of the molecule is C=C/C=C(\C=C/C)C1NC(CC)(CC)CSc2cc(O)c(O)cc21. The lowest BCUT2D eigenvalue weighted by molar-refractivity contribution is 0.315. The average molecular weight is 346 g/mol. The van der Waals surface area contributed by atoms with Gasteiger partial charge >= 0.3 is 0 Å². The van der Waals surface area contributed by atoms with E-state index in [9.17, 15) is 10.2 Å². The molecule has 3 nitrogen and oxygen atoms in total. The molecule has 1 atom stereocenters. The van der Waals surface area contributed by atoms with Gasteiger partial charge in [-0.25, -0.2) is 0 Å². The van der Waals surface area contributed by atoms with E-state index in [4.69, 9.17) is 0 Å². The zero-order valence-electron chi connectivity index (χ0n) is 14.7. The molecule has 1 unspecified atom stereocenters. The lowest BCUT2D eigenvalue weighted by Crippen LogP contribution is -2.47. The van der Waals surface area contributed by atoms with Gasteiger partial charge in [0.15, 0.2) is 11.5 Å². The van der Waals surface area contributed by atoms with Crippen LogP contribution >= 0.6 is 11.8 Å². The average Bonchev–Trinajstić information content (AvgIpc) is 2.73. The van der Waals surface area contributed by atoms with Crippen LogP contribution in [0, 0.1) is 0 Å². The Morgan fingerprint density at radius 1 is 1.33 bits per heavy atom. The molecule has 2 rings (SSSR count). The second-order valence-electron chi connectivity index (χ2n) is 6.13. The van der Waals surface area contributed by atoms with E-state index in [0.29, 0.717) is 0 Å². The fourth-order valence-corrected chi connectivity index (χ4v) is 4.53. The van der Waals surface area contributed by atoms with Crippen molar-refractivity contribution in [1.82, 2.24) is 5.32 Å². The van der Waals surface area contributed by atoms with Gasteiger partial charge in [-0.3, -0.25) is 5.32 Å². The van der Waals surface area contributed by atoms with Crippen LogP contribution in [0.3, 0.4) is 0 Å². The first kappa shape index (κ1) is 18.7. The topological polar surface area (TPSA) is 52.5 Å². The standard InChI is InChI=1S/C20H27NO2S/c1-5-9-14(10-6-2)19-15-11-16(22)17(23)12-18(15)24-13-20(7-3,8-4)21-19/h5-6,9-12,19,21-23H,1,7-8,13H2,2-4H3/b10-6-,14-9+. The van der Waals surface area contributed by atoms with Crippen LogP contribution in [0.25, 0.3) is 0 Å². The van der Waals surface area contributed by atoms with Crippen molar-refractivity contribution in [1.29, 1.82) is 0 Å². The molecule has 1 aliphatic heterocycles. The third-order valence-electron chi connectivity index (χ3n) is 4.73. The van der Waals surface area contributed by atoms with Crippen molar-refractivity contribution in [3.8, 4) is 11.5 Å². The van der Waals surface area contributed by atoms with Crippen molar-refractivity contribution in [2.24, 2.45) is 0 Å². The van der Waals surface area contributed by atoms with Gasteiger partial charge in [0, 0.05) is 16.2 Å². The lowest BCUT2D eigenvalue weighted by Gasteiger charge is -2.35. The van der Waals surface area contributed by atoms with Crippen LogP contribution in [0.1, 0.15) is 45.2 Å². The van der Waals surface area contributed by atoms with E-state index in [1.54, 1.807) is 30.0 Å². The number of benzene rings is 1. The largest absolute Gasteiger partial charge is 0.504 e. The lowest BCUT2D eigenvalue weighted by atomic mass is 9.89. The number of allylic oxidation sites excluding steroid dienone is 3. The highest BCUT2D eigenvalue weighted by atomic mass is 32.2. The molecule has 130 valence electrons. The minimum absolute atomic E-state index is 0.00142. The molecule has 0 aromatic heterocycles. The number of phenols is 2. The minimum Gasteiger partial charge on any atom is -0.504 e. The normalized spacial score (nSPS) is 20.6. The summed E-state index contributed by atoms with van der Waals surface area (Å²) < 4.78 is 0. The number of aromatic hydroxyl groups is 2. The summed E-state index contributed by atoms with van der Waals surface area (Å²) >= 11 is 1.74. The molecule has 0 aliphatic carbocycles. The first-order valence-corrected chi connectivity index (χ1v) is 9.40. The fourth-order valence-electron chi connectivity index (χ4n) is 3.06. The van der Waals surface area contributed by atoms with Crippen LogP contribution in [-0.2, 0) is 0 Å². The maximum Gasteiger partial charge on any atom is 0.158 e. The fraction of sp³-hybridized carbons (Fsp3) is 0.400. The number of nitrogens with one attached hydrogen (secondary N) is 1. The molecule has 0 radical (unpaired) electrons. The van der Waals surface area contributed by atoms with Gasteiger partial charge in [-0.1, -0.05) is 44.7 Å². The van der Waals surface area contributed by atoms with Gasteiger partial charge in [0.2, 0.25) is 0 Å². The molecule has 0 bridgehead atoms. The van der Waals surface area contributed by atoms with E-state index in [1.165, 1.54) is 0 Å². The number of phenolic OH excluding ortho intramolecular Hbond substituents is 2. The smallest absolute Gasteiger partial charge is 0.158 e. The van der Waals surface area contributed by atoms with Crippen molar-refractivity contribution in [3.05, 3.63) is 54.2 Å². The van der Waals surface area contributed by atoms with Crippen LogP contribution in [0.15, 0.2) is 53.5 Å². The number of fused-ring (bicyclic) bond motifs is 1. The molecule has 0 fully saturated rings. The molecule has 3 N–H and O–H groups in total. The molecule has 0 saturated carbocycles. The highest BCUT2D eigenvalue weighted by Gasteiger charge is 2.35. The van der Waals surface area contributed by atoms with Gasteiger partial charge in [0.1, 0.15) is 0 Å². The van der Waals surface area contributed by atoms with Crippen LogP contribution < -0.4 is 5.32 Å². The maximum absolute atomic E-state index is 10.0. The third kappa shape index (κ3) is 3.70. The van der Waals surface area contributed by atoms with E-state index in [1.807, 2.05) is 19.1 Å². The van der Waals surface area contributed by atoms with Crippen molar-refractivity contribution >= 4 is 11.8 Å². The Hall–Kier alpha value is -1.65. The van der Waals surface area contributed by atoms with Crippen LogP contribution in [0.5, 0.6) is 11.5 Å². The van der Waals surface area contributed by atoms with Gasteiger partial charge in [-0.15, -0.1) is 11.8 Å². The molecule has 0 saturated heterocycles. The summed E-state index contributed by atoms with van der Waals surface area (Å²) in [5.41, 5.74) is 2.08. The predicted octanol–water partition coefficient (Wildman–Crippen LogP) is 5.08. The Morgan fingerprint density at radius 3 is 2.58 bits per heavy atom. The van der Waals surface area contributed by atoms with E-state index in [0.717, 1.165) is 34.6 Å². The summed E-state index contributed by atoms with van der Waals surface area (Å²) in [5.74, 6) is 0.770. The predicted molar refractivity (Wildman–Crippen MR) is 103 cm³/mol. The Morgan fingerprint density at radius 2 is 2.00 bits per heavy atom. The Kier molecular flexibility index (Phi) is 6.19. The number of thioether (sulfide) groups is 1. The Bertz CT molecular complexity index is 660. The van der Waals surface area contributed by atoms with Gasteiger partial charge in [-0.2, -0.15) is 0 Å². The van der Waals surface area contributed by atoms with Gasteiger partial charge in [-0.05, 0) is 43.0 Å². The molecule has 0 amide bonds. The highest BCUT2D eigenvalue weighted by molar-refractivity contribution is 7.99.